The van der Waals surface area contributed by atoms with Gasteiger partial charge in [-0.25, -0.2) is 9.38 Å². The third kappa shape index (κ3) is 4.01. The molecule has 1 amide bonds. The largest absolute Gasteiger partial charge is 0.467 e. The number of carbonyl (C=O) groups is 1. The quantitative estimate of drug-likeness (QED) is 0.585. The van der Waals surface area contributed by atoms with Gasteiger partial charge in [-0.05, 0) is 59.8 Å². The van der Waals surface area contributed by atoms with Crippen LogP contribution in [0.15, 0.2) is 87.3 Å². The van der Waals surface area contributed by atoms with Gasteiger partial charge in [-0.1, -0.05) is 30.3 Å². The summed E-state index contributed by atoms with van der Waals surface area (Å²) in [5, 5.41) is 0.560. The summed E-state index contributed by atoms with van der Waals surface area (Å²) in [6, 6.07) is 19.2. The molecule has 1 aromatic heterocycles. The number of benzene rings is 2. The fourth-order valence-electron chi connectivity index (χ4n) is 2.65. The van der Waals surface area contributed by atoms with E-state index >= 15 is 0 Å². The lowest BCUT2D eigenvalue weighted by Crippen LogP contribution is -2.28. The van der Waals surface area contributed by atoms with Gasteiger partial charge in [0.2, 0.25) is 0 Å². The Hall–Kier alpha value is -3.12. The molecule has 2 aromatic carbocycles. The standard InChI is InChI=1S/C21H15FN2O2S/c22-16-7-4-6-15(12-16)13-19-20(25)24(14-18-10-5-11-26-18)21(27-19)23-17-8-2-1-3-9-17/h1-13H,14H2/b19-13-,23-21?. The van der Waals surface area contributed by atoms with Crippen LogP contribution < -0.4 is 0 Å². The molecular weight excluding hydrogens is 363 g/mol. The van der Waals surface area contributed by atoms with Crippen LogP contribution in [0.1, 0.15) is 11.3 Å². The Morgan fingerprint density at radius 2 is 1.93 bits per heavy atom. The molecule has 4 nitrogen and oxygen atoms in total. The van der Waals surface area contributed by atoms with Gasteiger partial charge in [-0.15, -0.1) is 0 Å². The highest BCUT2D eigenvalue weighted by atomic mass is 32.2. The van der Waals surface area contributed by atoms with Crippen LogP contribution in [0.4, 0.5) is 10.1 Å². The third-order valence-corrected chi connectivity index (χ3v) is 4.92. The first-order valence-corrected chi connectivity index (χ1v) is 9.14. The minimum Gasteiger partial charge on any atom is -0.467 e. The molecule has 1 fully saturated rings. The first-order valence-electron chi connectivity index (χ1n) is 8.32. The number of halogens is 1. The summed E-state index contributed by atoms with van der Waals surface area (Å²) in [4.78, 5) is 19.6. The number of amides is 1. The molecule has 0 unspecified atom stereocenters. The summed E-state index contributed by atoms with van der Waals surface area (Å²) in [5.74, 6) is 0.137. The molecule has 6 heteroatoms. The van der Waals surface area contributed by atoms with E-state index in [1.165, 1.54) is 23.9 Å². The first-order chi connectivity index (χ1) is 13.2. The van der Waals surface area contributed by atoms with Gasteiger partial charge in [0.1, 0.15) is 11.6 Å². The fraction of sp³-hybridized carbons (Fsp3) is 0.0476. The van der Waals surface area contributed by atoms with Crippen LogP contribution in [-0.2, 0) is 11.3 Å². The Labute approximate surface area is 160 Å². The highest BCUT2D eigenvalue weighted by Gasteiger charge is 2.34. The Kier molecular flexibility index (Phi) is 4.89. The number of thioether (sulfide) groups is 1. The monoisotopic (exact) mass is 378 g/mol. The van der Waals surface area contributed by atoms with Crippen molar-refractivity contribution in [3.05, 3.63) is 95.0 Å². The maximum Gasteiger partial charge on any atom is 0.267 e. The highest BCUT2D eigenvalue weighted by Crippen LogP contribution is 2.35. The zero-order chi connectivity index (χ0) is 18.6. The van der Waals surface area contributed by atoms with Crippen molar-refractivity contribution in [2.24, 2.45) is 4.99 Å². The fourth-order valence-corrected chi connectivity index (χ4v) is 3.65. The molecular formula is C21H15FN2O2S. The second kappa shape index (κ2) is 7.63. The molecule has 0 atom stereocenters. The summed E-state index contributed by atoms with van der Waals surface area (Å²) in [6.45, 7) is 0.283. The number of furan rings is 1. The van der Waals surface area contributed by atoms with Crippen LogP contribution in [0.2, 0.25) is 0 Å². The SMILES string of the molecule is O=C1/C(=C/c2cccc(F)c2)SC(=Nc2ccccc2)N1Cc1ccco1. The maximum atomic E-state index is 13.5. The van der Waals surface area contributed by atoms with E-state index in [4.69, 9.17) is 4.42 Å². The number of aliphatic imine (C=N–C) groups is 1. The second-order valence-electron chi connectivity index (χ2n) is 5.87. The van der Waals surface area contributed by atoms with E-state index < -0.39 is 0 Å². The molecule has 1 saturated heterocycles. The van der Waals surface area contributed by atoms with Crippen molar-refractivity contribution in [1.29, 1.82) is 0 Å². The average Bonchev–Trinajstić information content (AvgIpc) is 3.27. The van der Waals surface area contributed by atoms with Crippen LogP contribution in [0, 0.1) is 5.82 Å². The molecule has 1 aliphatic rings. The molecule has 0 spiro atoms. The van der Waals surface area contributed by atoms with Crippen molar-refractivity contribution >= 4 is 34.6 Å². The molecule has 0 N–H and O–H groups in total. The van der Waals surface area contributed by atoms with E-state index in [2.05, 4.69) is 4.99 Å². The summed E-state index contributed by atoms with van der Waals surface area (Å²) in [7, 11) is 0. The van der Waals surface area contributed by atoms with E-state index in [0.717, 1.165) is 5.69 Å². The van der Waals surface area contributed by atoms with E-state index in [1.54, 1.807) is 35.4 Å². The number of rotatable bonds is 4. The predicted molar refractivity (Wildman–Crippen MR) is 105 cm³/mol. The minimum absolute atomic E-state index is 0.185. The zero-order valence-corrected chi connectivity index (χ0v) is 15.0. The molecule has 0 saturated carbocycles. The van der Waals surface area contributed by atoms with Gasteiger partial charge in [-0.3, -0.25) is 9.69 Å². The van der Waals surface area contributed by atoms with Gasteiger partial charge < -0.3 is 4.42 Å². The molecule has 0 radical (unpaired) electrons. The first kappa shape index (κ1) is 17.3. The Bertz CT molecular complexity index is 1010. The number of amidine groups is 1. The van der Waals surface area contributed by atoms with Gasteiger partial charge >= 0.3 is 0 Å². The zero-order valence-electron chi connectivity index (χ0n) is 14.2. The van der Waals surface area contributed by atoms with Gasteiger partial charge in [0.15, 0.2) is 5.17 Å². The Balaban J connectivity index is 1.69. The molecule has 2 heterocycles. The molecule has 27 heavy (non-hydrogen) atoms. The van der Waals surface area contributed by atoms with E-state index in [0.29, 0.717) is 21.4 Å². The number of hydrogen-bond acceptors (Lipinski definition) is 4. The summed E-state index contributed by atoms with van der Waals surface area (Å²) in [5.41, 5.74) is 1.38. The van der Waals surface area contributed by atoms with Gasteiger partial charge in [0.25, 0.3) is 5.91 Å². The van der Waals surface area contributed by atoms with Gasteiger partial charge in [0.05, 0.1) is 23.4 Å². The molecule has 1 aliphatic heterocycles. The maximum absolute atomic E-state index is 13.5. The van der Waals surface area contributed by atoms with Crippen LogP contribution >= 0.6 is 11.8 Å². The van der Waals surface area contributed by atoms with Crippen molar-refractivity contribution in [1.82, 2.24) is 4.90 Å². The van der Waals surface area contributed by atoms with E-state index in [9.17, 15) is 9.18 Å². The number of hydrogen-bond donors (Lipinski definition) is 0. The van der Waals surface area contributed by atoms with Crippen LogP contribution in [-0.4, -0.2) is 16.0 Å². The smallest absolute Gasteiger partial charge is 0.267 e. The topological polar surface area (TPSA) is 45.8 Å². The molecule has 0 aliphatic carbocycles. The Morgan fingerprint density at radius 1 is 1.07 bits per heavy atom. The van der Waals surface area contributed by atoms with Crippen molar-refractivity contribution < 1.29 is 13.6 Å². The van der Waals surface area contributed by atoms with Crippen molar-refractivity contribution in [3.8, 4) is 0 Å². The molecule has 3 aromatic rings. The number of nitrogens with zero attached hydrogens (tertiary/aromatic N) is 2. The van der Waals surface area contributed by atoms with Gasteiger partial charge in [0, 0.05) is 0 Å². The van der Waals surface area contributed by atoms with Crippen molar-refractivity contribution in [2.75, 3.05) is 0 Å². The minimum atomic E-state index is -0.342. The lowest BCUT2D eigenvalue weighted by molar-refractivity contribution is -0.122. The van der Waals surface area contributed by atoms with Crippen molar-refractivity contribution in [2.45, 2.75) is 6.54 Å². The lowest BCUT2D eigenvalue weighted by Gasteiger charge is -2.13. The highest BCUT2D eigenvalue weighted by molar-refractivity contribution is 8.18. The Morgan fingerprint density at radius 3 is 2.67 bits per heavy atom. The second-order valence-corrected chi connectivity index (χ2v) is 6.88. The predicted octanol–water partition coefficient (Wildman–Crippen LogP) is 5.22. The van der Waals surface area contributed by atoms with Crippen LogP contribution in [0.5, 0.6) is 0 Å². The van der Waals surface area contributed by atoms with Crippen LogP contribution in [0.25, 0.3) is 6.08 Å². The lowest BCUT2D eigenvalue weighted by atomic mass is 10.2. The summed E-state index contributed by atoms with van der Waals surface area (Å²) in [6.07, 6.45) is 3.25. The average molecular weight is 378 g/mol. The normalized spacial score (nSPS) is 17.2. The summed E-state index contributed by atoms with van der Waals surface area (Å²) >= 11 is 1.27. The number of carbonyl (C=O) groups excluding carboxylic acids is 1. The molecule has 0 bridgehead atoms. The van der Waals surface area contributed by atoms with E-state index in [-0.39, 0.29) is 18.3 Å². The number of para-hydroxylation sites is 1. The molecule has 134 valence electrons. The van der Waals surface area contributed by atoms with Crippen molar-refractivity contribution in [3.63, 3.8) is 0 Å². The molecule has 4 rings (SSSR count). The van der Waals surface area contributed by atoms with Gasteiger partial charge in [-0.2, -0.15) is 0 Å². The van der Waals surface area contributed by atoms with Crippen LogP contribution in [0.3, 0.4) is 0 Å². The van der Waals surface area contributed by atoms with E-state index in [1.807, 2.05) is 36.4 Å². The third-order valence-electron chi connectivity index (χ3n) is 3.91. The summed E-state index contributed by atoms with van der Waals surface area (Å²) < 4.78 is 18.8.